The molecule has 0 radical (unpaired) electrons. The lowest BCUT2D eigenvalue weighted by Gasteiger charge is -2.38. The Bertz CT molecular complexity index is 641. The molecule has 1 aliphatic carbocycles. The van der Waals surface area contributed by atoms with Crippen LogP contribution >= 0.6 is 0 Å². The van der Waals surface area contributed by atoms with Crippen LogP contribution in [0.1, 0.15) is 57.2 Å². The van der Waals surface area contributed by atoms with Crippen LogP contribution in [0.15, 0.2) is 4.52 Å². The minimum absolute atomic E-state index is 0.0307. The van der Waals surface area contributed by atoms with Crippen LogP contribution in [0.25, 0.3) is 0 Å². The number of nitrogens with one attached hydrogen (secondary N) is 1. The van der Waals surface area contributed by atoms with Crippen LogP contribution in [0.4, 0.5) is 0 Å². The summed E-state index contributed by atoms with van der Waals surface area (Å²) in [6, 6.07) is -0.380. The van der Waals surface area contributed by atoms with Crippen LogP contribution in [0, 0.1) is 12.8 Å². The van der Waals surface area contributed by atoms with Gasteiger partial charge in [-0.25, -0.2) is 0 Å². The van der Waals surface area contributed by atoms with E-state index in [0.717, 1.165) is 13.1 Å². The molecule has 2 amide bonds. The molecule has 8 nitrogen and oxygen atoms in total. The van der Waals surface area contributed by atoms with Gasteiger partial charge in [0.25, 0.3) is 0 Å². The molecule has 1 aromatic heterocycles. The van der Waals surface area contributed by atoms with Crippen molar-refractivity contribution < 1.29 is 14.1 Å². The van der Waals surface area contributed by atoms with E-state index in [1.807, 2.05) is 6.92 Å². The molecule has 0 aromatic carbocycles. The molecule has 27 heavy (non-hydrogen) atoms. The number of hydrogen-bond donors (Lipinski definition) is 1. The minimum atomic E-state index is -0.380. The fourth-order valence-electron chi connectivity index (χ4n) is 4.15. The first-order chi connectivity index (χ1) is 13.1. The zero-order valence-electron chi connectivity index (χ0n) is 16.4. The third-order valence-electron chi connectivity index (χ3n) is 5.66. The summed E-state index contributed by atoms with van der Waals surface area (Å²) >= 11 is 0. The van der Waals surface area contributed by atoms with Gasteiger partial charge in [-0.2, -0.15) is 4.98 Å². The topological polar surface area (TPSA) is 91.6 Å². The van der Waals surface area contributed by atoms with Gasteiger partial charge in [0.2, 0.25) is 17.7 Å². The normalized spacial score (nSPS) is 21.9. The number of nitrogens with zero attached hydrogens (tertiary/aromatic N) is 4. The highest BCUT2D eigenvalue weighted by Crippen LogP contribution is 2.26. The molecule has 8 heteroatoms. The Labute approximate surface area is 160 Å². The van der Waals surface area contributed by atoms with Crippen molar-refractivity contribution in [2.45, 2.75) is 65.0 Å². The average molecular weight is 377 g/mol. The van der Waals surface area contributed by atoms with Crippen LogP contribution in [-0.4, -0.2) is 64.0 Å². The van der Waals surface area contributed by atoms with Gasteiger partial charge in [-0.15, -0.1) is 0 Å². The SMILES string of the molecule is CCN(Cc1noc(C)n1)C(=O)CC1C(=O)NCCN1CC1CCCCC1. The summed E-state index contributed by atoms with van der Waals surface area (Å²) in [6.45, 7) is 6.90. The molecule has 150 valence electrons. The Hall–Kier alpha value is -1.96. The van der Waals surface area contributed by atoms with Crippen molar-refractivity contribution in [2.24, 2.45) is 5.92 Å². The number of carbonyl (C=O) groups excluding carboxylic acids is 2. The third kappa shape index (κ3) is 5.28. The van der Waals surface area contributed by atoms with E-state index in [2.05, 4.69) is 20.4 Å². The van der Waals surface area contributed by atoms with Gasteiger partial charge >= 0.3 is 0 Å². The Morgan fingerprint density at radius 2 is 2.11 bits per heavy atom. The molecule has 0 bridgehead atoms. The van der Waals surface area contributed by atoms with Gasteiger partial charge in [-0.1, -0.05) is 24.4 Å². The van der Waals surface area contributed by atoms with Crippen molar-refractivity contribution in [1.29, 1.82) is 0 Å². The maximum atomic E-state index is 12.9. The number of piperazine rings is 1. The zero-order valence-corrected chi connectivity index (χ0v) is 16.4. The van der Waals surface area contributed by atoms with Gasteiger partial charge in [-0.05, 0) is 25.7 Å². The molecule has 2 aliphatic rings. The molecule has 2 fully saturated rings. The number of rotatable bonds is 7. The quantitative estimate of drug-likeness (QED) is 0.774. The van der Waals surface area contributed by atoms with Crippen LogP contribution in [0.5, 0.6) is 0 Å². The van der Waals surface area contributed by atoms with Crippen molar-refractivity contribution in [3.05, 3.63) is 11.7 Å². The molecule has 3 rings (SSSR count). The second-order valence-corrected chi connectivity index (χ2v) is 7.65. The Kier molecular flexibility index (Phi) is 6.82. The molecule has 1 aliphatic heterocycles. The predicted molar refractivity (Wildman–Crippen MR) is 99.7 cm³/mol. The molecule has 1 aromatic rings. The molecule has 1 N–H and O–H groups in total. The molecule has 0 spiro atoms. The summed E-state index contributed by atoms with van der Waals surface area (Å²) in [6.07, 6.45) is 6.54. The highest BCUT2D eigenvalue weighted by molar-refractivity contribution is 5.88. The molecular formula is C19H31N5O3. The van der Waals surface area contributed by atoms with Crippen molar-refractivity contribution >= 4 is 11.8 Å². The van der Waals surface area contributed by atoms with Crippen LogP contribution in [0.2, 0.25) is 0 Å². The van der Waals surface area contributed by atoms with Gasteiger partial charge in [0.15, 0.2) is 5.82 Å². The van der Waals surface area contributed by atoms with Gasteiger partial charge in [-0.3, -0.25) is 14.5 Å². The largest absolute Gasteiger partial charge is 0.353 e. The van der Waals surface area contributed by atoms with Crippen LogP contribution in [0.3, 0.4) is 0 Å². The first-order valence-electron chi connectivity index (χ1n) is 10.2. The molecule has 1 saturated heterocycles. The second-order valence-electron chi connectivity index (χ2n) is 7.65. The summed E-state index contributed by atoms with van der Waals surface area (Å²) < 4.78 is 4.99. The maximum absolute atomic E-state index is 12.9. The number of carbonyl (C=O) groups is 2. The Morgan fingerprint density at radius 1 is 1.33 bits per heavy atom. The van der Waals surface area contributed by atoms with E-state index in [4.69, 9.17) is 4.52 Å². The first-order valence-corrected chi connectivity index (χ1v) is 10.2. The molecule has 2 heterocycles. The van der Waals surface area contributed by atoms with E-state index < -0.39 is 0 Å². The Morgan fingerprint density at radius 3 is 2.78 bits per heavy atom. The maximum Gasteiger partial charge on any atom is 0.237 e. The van der Waals surface area contributed by atoms with Gasteiger partial charge < -0.3 is 14.7 Å². The lowest BCUT2D eigenvalue weighted by atomic mass is 9.88. The zero-order chi connectivity index (χ0) is 19.2. The van der Waals surface area contributed by atoms with Gasteiger partial charge in [0.1, 0.15) is 0 Å². The van der Waals surface area contributed by atoms with Crippen LogP contribution < -0.4 is 5.32 Å². The summed E-state index contributed by atoms with van der Waals surface area (Å²) in [5, 5.41) is 6.79. The van der Waals surface area contributed by atoms with Gasteiger partial charge in [0.05, 0.1) is 19.0 Å². The van der Waals surface area contributed by atoms with Crippen molar-refractivity contribution in [3.8, 4) is 0 Å². The summed E-state index contributed by atoms with van der Waals surface area (Å²) in [7, 11) is 0. The highest BCUT2D eigenvalue weighted by Gasteiger charge is 2.34. The summed E-state index contributed by atoms with van der Waals surface area (Å²) in [5.74, 6) is 1.55. The summed E-state index contributed by atoms with van der Waals surface area (Å²) in [4.78, 5) is 33.4. The average Bonchev–Trinajstić information content (AvgIpc) is 3.08. The smallest absolute Gasteiger partial charge is 0.237 e. The van der Waals surface area contributed by atoms with Crippen LogP contribution in [-0.2, 0) is 16.1 Å². The third-order valence-corrected chi connectivity index (χ3v) is 5.66. The monoisotopic (exact) mass is 377 g/mol. The van der Waals surface area contributed by atoms with Gasteiger partial charge in [0, 0.05) is 33.1 Å². The lowest BCUT2D eigenvalue weighted by Crippen LogP contribution is -2.57. The fourth-order valence-corrected chi connectivity index (χ4v) is 4.15. The van der Waals surface area contributed by atoms with E-state index in [-0.39, 0.29) is 24.3 Å². The van der Waals surface area contributed by atoms with E-state index in [9.17, 15) is 9.59 Å². The summed E-state index contributed by atoms with van der Waals surface area (Å²) in [5.41, 5.74) is 0. The fraction of sp³-hybridized carbons (Fsp3) is 0.789. The van der Waals surface area contributed by atoms with E-state index in [0.29, 0.717) is 37.3 Å². The highest BCUT2D eigenvalue weighted by atomic mass is 16.5. The van der Waals surface area contributed by atoms with Crippen molar-refractivity contribution in [1.82, 2.24) is 25.3 Å². The second kappa shape index (κ2) is 9.30. The van der Waals surface area contributed by atoms with Crippen molar-refractivity contribution in [3.63, 3.8) is 0 Å². The van der Waals surface area contributed by atoms with Crippen molar-refractivity contribution in [2.75, 3.05) is 26.2 Å². The number of aromatic nitrogens is 2. The molecular weight excluding hydrogens is 346 g/mol. The van der Waals surface area contributed by atoms with E-state index in [1.54, 1.807) is 11.8 Å². The number of aryl methyl sites for hydroxylation is 1. The first kappa shape index (κ1) is 19.8. The lowest BCUT2D eigenvalue weighted by molar-refractivity contribution is -0.139. The molecule has 1 atom stereocenters. The standard InChI is InChI=1S/C19H31N5O3/c1-3-23(13-17-21-14(2)27-22-17)18(25)11-16-19(26)20-9-10-24(16)12-15-7-5-4-6-8-15/h15-16H,3-13H2,1-2H3,(H,20,26). The molecule has 1 saturated carbocycles. The Balaban J connectivity index is 1.61. The van der Waals surface area contributed by atoms with E-state index >= 15 is 0 Å². The molecule has 1 unspecified atom stereocenters. The van der Waals surface area contributed by atoms with E-state index in [1.165, 1.54) is 32.1 Å². The number of amides is 2. The number of hydrogen-bond acceptors (Lipinski definition) is 6. The minimum Gasteiger partial charge on any atom is -0.353 e. The predicted octanol–water partition coefficient (Wildman–Crippen LogP) is 1.50.